The predicted molar refractivity (Wildman–Crippen MR) is 137 cm³/mol. The molecule has 0 radical (unpaired) electrons. The van der Waals surface area contributed by atoms with Crippen LogP contribution >= 0.6 is 0 Å². The van der Waals surface area contributed by atoms with Crippen molar-refractivity contribution in [3.8, 4) is 5.75 Å². The maximum atomic E-state index is 13.3. The van der Waals surface area contributed by atoms with E-state index in [0.717, 1.165) is 42.6 Å². The van der Waals surface area contributed by atoms with Gasteiger partial charge in [0.15, 0.2) is 0 Å². The van der Waals surface area contributed by atoms with Crippen LogP contribution < -0.4 is 4.74 Å². The fourth-order valence-electron chi connectivity index (χ4n) is 10.8. The lowest BCUT2D eigenvalue weighted by molar-refractivity contribution is -0.431. The van der Waals surface area contributed by atoms with Crippen LogP contribution in [0.2, 0.25) is 0 Å². The summed E-state index contributed by atoms with van der Waals surface area (Å²) in [4.78, 5) is 25.0. The maximum Gasteiger partial charge on any atom is 0.139 e. The van der Waals surface area contributed by atoms with E-state index < -0.39 is 27.6 Å². The molecule has 202 valence electrons. The van der Waals surface area contributed by atoms with E-state index in [1.807, 2.05) is 6.07 Å². The quantitative estimate of drug-likeness (QED) is 0.524. The SMILES string of the molecule is COc1ccc2c(c1)C[C@]13CCC4(CC(C)(C)COO4)C[C@]1(O)CC[C@H]1[C@@H]4CCC(=O)[C@@]4(C)C[C@H]2[C@@]13O. The number of Topliss-reactive ketones (excluding diaryl/α,β-unsaturated/α-hetero) is 1. The number of ether oxygens (including phenoxy) is 1. The highest BCUT2D eigenvalue weighted by Gasteiger charge is 2.78. The van der Waals surface area contributed by atoms with Crippen molar-refractivity contribution in [2.24, 2.45) is 28.1 Å². The van der Waals surface area contributed by atoms with Gasteiger partial charge in [-0.2, -0.15) is 0 Å². The van der Waals surface area contributed by atoms with Gasteiger partial charge in [0.25, 0.3) is 0 Å². The first-order chi connectivity index (χ1) is 17.4. The molecule has 37 heavy (non-hydrogen) atoms. The van der Waals surface area contributed by atoms with Crippen molar-refractivity contribution >= 4 is 5.78 Å². The number of methoxy groups -OCH3 is 1. The third kappa shape index (κ3) is 2.94. The Kier molecular flexibility index (Phi) is 4.90. The molecule has 5 fully saturated rings. The largest absolute Gasteiger partial charge is 0.497 e. The lowest BCUT2D eigenvalue weighted by Crippen LogP contribution is -2.78. The number of hydrogen-bond acceptors (Lipinski definition) is 6. The summed E-state index contributed by atoms with van der Waals surface area (Å²) in [7, 11) is 1.68. The van der Waals surface area contributed by atoms with E-state index in [2.05, 4.69) is 32.9 Å². The second kappa shape index (κ2) is 7.38. The minimum Gasteiger partial charge on any atom is -0.497 e. The van der Waals surface area contributed by atoms with Gasteiger partial charge in [0.05, 0.1) is 24.9 Å². The summed E-state index contributed by atoms with van der Waals surface area (Å²) < 4.78 is 5.61. The molecular formula is C31H42O6. The normalized spacial score (nSPS) is 49.6. The molecule has 0 bridgehead atoms. The highest BCUT2D eigenvalue weighted by Crippen LogP contribution is 2.75. The smallest absolute Gasteiger partial charge is 0.139 e. The molecule has 7 rings (SSSR count). The topological polar surface area (TPSA) is 85.2 Å². The second-order valence-electron chi connectivity index (χ2n) is 14.6. The van der Waals surface area contributed by atoms with Crippen LogP contribution in [0.1, 0.15) is 95.6 Å². The molecule has 8 atom stereocenters. The van der Waals surface area contributed by atoms with Gasteiger partial charge in [-0.1, -0.05) is 26.8 Å². The molecule has 5 aliphatic carbocycles. The van der Waals surface area contributed by atoms with Crippen molar-refractivity contribution in [3.63, 3.8) is 0 Å². The molecule has 6 nitrogen and oxygen atoms in total. The lowest BCUT2D eigenvalue weighted by Gasteiger charge is -2.73. The molecule has 1 aromatic carbocycles. The Balaban J connectivity index is 1.40. The molecule has 0 aromatic heterocycles. The van der Waals surface area contributed by atoms with Crippen LogP contribution in [0.3, 0.4) is 0 Å². The minimum atomic E-state index is -1.08. The average Bonchev–Trinajstić information content (AvgIpc) is 3.12. The van der Waals surface area contributed by atoms with Gasteiger partial charge in [0, 0.05) is 29.6 Å². The molecule has 2 N–H and O–H groups in total. The summed E-state index contributed by atoms with van der Waals surface area (Å²) in [6, 6.07) is 6.20. The standard InChI is InChI=1S/C31H42O6/c1-26(2)16-28(37-36-18-26)11-12-29-14-19-13-20(35-4)5-6-21(19)24-15-27(3)22(7-8-25(27)32)23(31(24,29)34)9-10-30(29,33)17-28/h5-6,13,22-24,33-34H,7-12,14-18H2,1-4H3/t22-,23-,24+,27-,28?,29+,30+,31-/m0/s1. The van der Waals surface area contributed by atoms with E-state index in [-0.39, 0.29) is 23.2 Å². The Morgan fingerprint density at radius 2 is 1.84 bits per heavy atom. The molecule has 1 aromatic rings. The number of rotatable bonds is 1. The van der Waals surface area contributed by atoms with Gasteiger partial charge >= 0.3 is 0 Å². The zero-order valence-corrected chi connectivity index (χ0v) is 22.8. The van der Waals surface area contributed by atoms with Crippen molar-refractivity contribution in [1.82, 2.24) is 0 Å². The van der Waals surface area contributed by atoms with Gasteiger partial charge in [0.2, 0.25) is 0 Å². The third-order valence-electron chi connectivity index (χ3n) is 12.2. The second-order valence-corrected chi connectivity index (χ2v) is 14.6. The lowest BCUT2D eigenvalue weighted by atomic mass is 9.34. The molecule has 1 aliphatic heterocycles. The van der Waals surface area contributed by atoms with Crippen LogP contribution in [0.15, 0.2) is 18.2 Å². The molecular weight excluding hydrogens is 468 g/mol. The zero-order chi connectivity index (χ0) is 26.1. The monoisotopic (exact) mass is 510 g/mol. The Labute approximate surface area is 220 Å². The Morgan fingerprint density at radius 1 is 1.03 bits per heavy atom. The van der Waals surface area contributed by atoms with Crippen molar-refractivity contribution < 1.29 is 29.5 Å². The maximum absolute atomic E-state index is 13.3. The van der Waals surface area contributed by atoms with Gasteiger partial charge in [-0.3, -0.25) is 4.79 Å². The number of ketones is 1. The summed E-state index contributed by atoms with van der Waals surface area (Å²) in [6.45, 7) is 7.11. The molecule has 0 amide bonds. The van der Waals surface area contributed by atoms with E-state index in [4.69, 9.17) is 14.5 Å². The van der Waals surface area contributed by atoms with Crippen LogP contribution in [0.25, 0.3) is 0 Å². The summed E-state index contributed by atoms with van der Waals surface area (Å²) in [5.41, 5.74) is -1.53. The van der Waals surface area contributed by atoms with Crippen molar-refractivity contribution in [3.05, 3.63) is 29.3 Å². The summed E-state index contributed by atoms with van der Waals surface area (Å²) in [5.74, 6) is 1.15. The molecule has 4 saturated carbocycles. The van der Waals surface area contributed by atoms with Gasteiger partial charge < -0.3 is 14.9 Å². The van der Waals surface area contributed by atoms with E-state index >= 15 is 0 Å². The molecule has 1 heterocycles. The average molecular weight is 511 g/mol. The highest BCUT2D eigenvalue weighted by atomic mass is 17.2. The van der Waals surface area contributed by atoms with Gasteiger partial charge in [-0.25, -0.2) is 9.78 Å². The molecule has 6 aliphatic rings. The summed E-state index contributed by atoms with van der Waals surface area (Å²) >= 11 is 0. The molecule has 1 unspecified atom stereocenters. The van der Waals surface area contributed by atoms with Crippen molar-refractivity contribution in [1.29, 1.82) is 0 Å². The summed E-state index contributed by atoms with van der Waals surface area (Å²) in [5, 5.41) is 26.1. The Morgan fingerprint density at radius 3 is 2.59 bits per heavy atom. The number of benzene rings is 1. The number of carbonyl (C=O) groups is 1. The fraction of sp³-hybridized carbons (Fsp3) is 0.774. The number of aliphatic hydroxyl groups is 2. The minimum absolute atomic E-state index is 0.00671. The van der Waals surface area contributed by atoms with E-state index in [0.29, 0.717) is 50.9 Å². The number of hydrogen-bond donors (Lipinski definition) is 2. The van der Waals surface area contributed by atoms with Crippen LogP contribution in [0.4, 0.5) is 0 Å². The van der Waals surface area contributed by atoms with Gasteiger partial charge in [-0.05, 0) is 91.9 Å². The van der Waals surface area contributed by atoms with Crippen LogP contribution in [0, 0.1) is 28.1 Å². The zero-order valence-electron chi connectivity index (χ0n) is 22.8. The first kappa shape index (κ1) is 24.6. The Hall–Kier alpha value is -1.47. The number of fused-ring (bicyclic) bond motifs is 4. The molecule has 2 spiro atoms. The van der Waals surface area contributed by atoms with Crippen LogP contribution in [0.5, 0.6) is 5.75 Å². The first-order valence-electron chi connectivity index (χ1n) is 14.4. The highest BCUT2D eigenvalue weighted by molar-refractivity contribution is 5.87. The van der Waals surface area contributed by atoms with Gasteiger partial charge in [-0.15, -0.1) is 0 Å². The predicted octanol–water partition coefficient (Wildman–Crippen LogP) is 4.88. The van der Waals surface area contributed by atoms with Gasteiger partial charge in [0.1, 0.15) is 17.1 Å². The fourth-order valence-corrected chi connectivity index (χ4v) is 10.8. The third-order valence-corrected chi connectivity index (χ3v) is 12.2. The van der Waals surface area contributed by atoms with Crippen LogP contribution in [-0.2, 0) is 21.0 Å². The first-order valence-corrected chi connectivity index (χ1v) is 14.4. The number of carbonyl (C=O) groups excluding carboxylic acids is 1. The van der Waals surface area contributed by atoms with E-state index in [1.165, 1.54) is 0 Å². The Bertz CT molecular complexity index is 1160. The van der Waals surface area contributed by atoms with Crippen LogP contribution in [-0.4, -0.2) is 46.5 Å². The molecule has 6 heteroatoms. The van der Waals surface area contributed by atoms with E-state index in [9.17, 15) is 15.0 Å². The summed E-state index contributed by atoms with van der Waals surface area (Å²) in [6.07, 6.45) is 6.85. The van der Waals surface area contributed by atoms with Crippen molar-refractivity contribution in [2.45, 2.75) is 108 Å². The van der Waals surface area contributed by atoms with E-state index in [1.54, 1.807) is 7.11 Å². The molecule has 1 saturated heterocycles. The van der Waals surface area contributed by atoms with Crippen molar-refractivity contribution in [2.75, 3.05) is 13.7 Å².